The molecule has 0 saturated heterocycles. The molecule has 5 heteroatoms. The molecule has 0 atom stereocenters. The summed E-state index contributed by atoms with van der Waals surface area (Å²) in [6.45, 7) is 0. The van der Waals surface area contributed by atoms with Crippen molar-refractivity contribution in [3.8, 4) is 0 Å². The highest BCUT2D eigenvalue weighted by Gasteiger charge is 2.19. The van der Waals surface area contributed by atoms with Gasteiger partial charge in [0.05, 0.1) is 11.0 Å². The van der Waals surface area contributed by atoms with Gasteiger partial charge in [0.2, 0.25) is 0 Å². The van der Waals surface area contributed by atoms with E-state index in [9.17, 15) is 12.3 Å². The lowest BCUT2D eigenvalue weighted by Crippen LogP contribution is -2.04. The second kappa shape index (κ2) is 3.30. The Balaban J connectivity index is 2.70. The summed E-state index contributed by atoms with van der Waals surface area (Å²) in [5.74, 6) is 0. The molecule has 1 aromatic heterocycles. The minimum absolute atomic E-state index is 0.358. The van der Waals surface area contributed by atoms with Crippen molar-refractivity contribution in [1.82, 2.24) is 3.97 Å². The molecule has 3 rings (SSSR count). The van der Waals surface area contributed by atoms with Gasteiger partial charge in [0.25, 0.3) is 0 Å². The largest absolute Gasteiger partial charge is 0.403 e. The zero-order valence-electron chi connectivity index (χ0n) is 8.67. The standard InChI is InChI=1S/C12H8FNO2S/c13-17(15,16)14-11-7-3-1-5-9(11)10-6-2-4-8-12(10)14/h1-8H. The summed E-state index contributed by atoms with van der Waals surface area (Å²) in [7, 11) is -4.80. The number of benzene rings is 2. The molecular formula is C12H8FNO2S. The van der Waals surface area contributed by atoms with Gasteiger partial charge >= 0.3 is 10.4 Å². The Morgan fingerprint density at radius 1 is 0.824 bits per heavy atom. The Hall–Kier alpha value is -1.88. The van der Waals surface area contributed by atoms with Gasteiger partial charge in [-0.05, 0) is 12.1 Å². The first-order chi connectivity index (χ1) is 8.09. The molecule has 0 aliphatic carbocycles. The molecule has 0 radical (unpaired) electrons. The van der Waals surface area contributed by atoms with Crippen molar-refractivity contribution in [3.63, 3.8) is 0 Å². The van der Waals surface area contributed by atoms with Gasteiger partial charge in [0.1, 0.15) is 0 Å². The summed E-state index contributed by atoms with van der Waals surface area (Å²) >= 11 is 0. The van der Waals surface area contributed by atoms with Crippen molar-refractivity contribution in [2.45, 2.75) is 0 Å². The maximum atomic E-state index is 13.3. The molecule has 2 aromatic carbocycles. The highest BCUT2D eigenvalue weighted by atomic mass is 32.3. The zero-order chi connectivity index (χ0) is 12.0. The van der Waals surface area contributed by atoms with Crippen LogP contribution < -0.4 is 0 Å². The third-order valence-electron chi connectivity index (χ3n) is 2.75. The number of aromatic nitrogens is 1. The minimum atomic E-state index is -4.80. The highest BCUT2D eigenvalue weighted by Crippen LogP contribution is 2.30. The van der Waals surface area contributed by atoms with E-state index in [1.165, 1.54) is 0 Å². The van der Waals surface area contributed by atoms with E-state index in [2.05, 4.69) is 0 Å². The zero-order valence-corrected chi connectivity index (χ0v) is 9.49. The monoisotopic (exact) mass is 249 g/mol. The summed E-state index contributed by atoms with van der Waals surface area (Å²) in [6.07, 6.45) is 0. The highest BCUT2D eigenvalue weighted by molar-refractivity contribution is 7.85. The van der Waals surface area contributed by atoms with Gasteiger partial charge < -0.3 is 0 Å². The molecule has 0 spiro atoms. The summed E-state index contributed by atoms with van der Waals surface area (Å²) in [5, 5.41) is 1.45. The van der Waals surface area contributed by atoms with Crippen LogP contribution in [0.1, 0.15) is 0 Å². The second-order valence-corrected chi connectivity index (χ2v) is 4.93. The molecule has 0 aliphatic rings. The molecule has 86 valence electrons. The van der Waals surface area contributed by atoms with Crippen molar-refractivity contribution in [1.29, 1.82) is 0 Å². The fraction of sp³-hybridized carbons (Fsp3) is 0. The van der Waals surface area contributed by atoms with E-state index in [4.69, 9.17) is 0 Å². The number of hydrogen-bond acceptors (Lipinski definition) is 2. The SMILES string of the molecule is O=S(=O)(F)n1c2ccccc2c2ccccc21. The topological polar surface area (TPSA) is 39.1 Å². The molecule has 3 aromatic rings. The molecule has 3 nitrogen and oxygen atoms in total. The minimum Gasteiger partial charge on any atom is -0.211 e. The summed E-state index contributed by atoms with van der Waals surface area (Å²) < 4.78 is 36.5. The Morgan fingerprint density at radius 2 is 1.24 bits per heavy atom. The van der Waals surface area contributed by atoms with E-state index in [1.54, 1.807) is 48.5 Å². The van der Waals surface area contributed by atoms with Crippen LogP contribution in [-0.4, -0.2) is 12.4 Å². The van der Waals surface area contributed by atoms with Gasteiger partial charge in [-0.2, -0.15) is 8.42 Å². The van der Waals surface area contributed by atoms with Crippen LogP contribution in [0.15, 0.2) is 48.5 Å². The summed E-state index contributed by atoms with van der Waals surface area (Å²) in [6, 6.07) is 13.7. The molecule has 0 saturated carbocycles. The van der Waals surface area contributed by atoms with Crippen molar-refractivity contribution in [2.24, 2.45) is 0 Å². The maximum absolute atomic E-state index is 13.3. The fourth-order valence-electron chi connectivity index (χ4n) is 2.12. The van der Waals surface area contributed by atoms with Crippen molar-refractivity contribution >= 4 is 32.2 Å². The summed E-state index contributed by atoms with van der Waals surface area (Å²) in [4.78, 5) is 0. The number of rotatable bonds is 1. The van der Waals surface area contributed by atoms with E-state index in [0.29, 0.717) is 11.0 Å². The van der Waals surface area contributed by atoms with Gasteiger partial charge in [-0.15, -0.1) is 0 Å². The number of halogens is 1. The van der Waals surface area contributed by atoms with Crippen LogP contribution in [0.4, 0.5) is 3.89 Å². The quantitative estimate of drug-likeness (QED) is 0.622. The van der Waals surface area contributed by atoms with Gasteiger partial charge in [-0.25, -0.2) is 3.97 Å². The molecule has 0 unspecified atom stereocenters. The number of nitrogens with zero attached hydrogens (tertiary/aromatic N) is 1. The number of para-hydroxylation sites is 2. The predicted molar refractivity (Wildman–Crippen MR) is 64.9 cm³/mol. The molecular weight excluding hydrogens is 241 g/mol. The van der Waals surface area contributed by atoms with Crippen LogP contribution in [0.2, 0.25) is 0 Å². The van der Waals surface area contributed by atoms with Crippen molar-refractivity contribution in [2.75, 3.05) is 0 Å². The van der Waals surface area contributed by atoms with Crippen LogP contribution in [0, 0.1) is 0 Å². The number of hydrogen-bond donors (Lipinski definition) is 0. The van der Waals surface area contributed by atoms with Gasteiger partial charge in [-0.3, -0.25) is 0 Å². The molecule has 0 aliphatic heterocycles. The lowest BCUT2D eigenvalue weighted by molar-refractivity contribution is 0.545. The number of fused-ring (bicyclic) bond motifs is 3. The first-order valence-electron chi connectivity index (χ1n) is 5.02. The van der Waals surface area contributed by atoms with Crippen molar-refractivity contribution < 1.29 is 12.3 Å². The summed E-state index contributed by atoms with van der Waals surface area (Å²) in [5.41, 5.74) is 0.715. The van der Waals surface area contributed by atoms with Crippen LogP contribution in [0.25, 0.3) is 21.8 Å². The smallest absolute Gasteiger partial charge is 0.211 e. The predicted octanol–water partition coefficient (Wildman–Crippen LogP) is 2.86. The fourth-order valence-corrected chi connectivity index (χ4v) is 2.91. The normalized spacial score (nSPS) is 12.3. The average molecular weight is 249 g/mol. The lowest BCUT2D eigenvalue weighted by Gasteiger charge is -1.99. The second-order valence-electron chi connectivity index (χ2n) is 3.74. The van der Waals surface area contributed by atoms with Gasteiger partial charge in [-0.1, -0.05) is 40.3 Å². The van der Waals surface area contributed by atoms with Gasteiger partial charge in [0, 0.05) is 10.8 Å². The Morgan fingerprint density at radius 3 is 1.65 bits per heavy atom. The van der Waals surface area contributed by atoms with Crippen LogP contribution in [-0.2, 0) is 10.4 Å². The molecule has 0 amide bonds. The average Bonchev–Trinajstić information content (AvgIpc) is 2.63. The lowest BCUT2D eigenvalue weighted by atomic mass is 10.2. The van der Waals surface area contributed by atoms with E-state index < -0.39 is 10.4 Å². The Bertz CT molecular complexity index is 768. The van der Waals surface area contributed by atoms with E-state index in [1.807, 2.05) is 0 Å². The maximum Gasteiger partial charge on any atom is 0.403 e. The van der Waals surface area contributed by atoms with Crippen molar-refractivity contribution in [3.05, 3.63) is 48.5 Å². The first-order valence-corrected chi connectivity index (χ1v) is 6.36. The van der Waals surface area contributed by atoms with Crippen LogP contribution in [0.3, 0.4) is 0 Å². The molecule has 1 heterocycles. The van der Waals surface area contributed by atoms with E-state index >= 15 is 0 Å². The van der Waals surface area contributed by atoms with Crippen LogP contribution in [0.5, 0.6) is 0 Å². The molecule has 0 N–H and O–H groups in total. The molecule has 0 bridgehead atoms. The molecule has 17 heavy (non-hydrogen) atoms. The van der Waals surface area contributed by atoms with Crippen LogP contribution >= 0.6 is 0 Å². The van der Waals surface area contributed by atoms with E-state index in [-0.39, 0.29) is 0 Å². The molecule has 0 fully saturated rings. The van der Waals surface area contributed by atoms with Gasteiger partial charge in [0.15, 0.2) is 0 Å². The Kier molecular flexibility index (Phi) is 2.00. The third kappa shape index (κ3) is 1.43. The third-order valence-corrected chi connectivity index (χ3v) is 3.58. The van der Waals surface area contributed by atoms with E-state index in [0.717, 1.165) is 14.7 Å². The first kappa shape index (κ1) is 10.3. The Labute approximate surface area is 97.4 Å².